The molecule has 0 rings (SSSR count). The highest BCUT2D eigenvalue weighted by molar-refractivity contribution is 7.70. The molecule has 0 aromatic rings. The molecule has 0 unspecified atom stereocenters. The summed E-state index contributed by atoms with van der Waals surface area (Å²) in [6.07, 6.45) is 0. The third kappa shape index (κ3) is 4.35. The Kier molecular flexibility index (Phi) is 5.85. The van der Waals surface area contributed by atoms with Crippen molar-refractivity contribution in [1.82, 2.24) is 0 Å². The summed E-state index contributed by atoms with van der Waals surface area (Å²) in [6.45, 7) is 3.17. The van der Waals surface area contributed by atoms with Gasteiger partial charge in [-0.05, 0) is 13.8 Å². The van der Waals surface area contributed by atoms with Crippen LogP contribution < -0.4 is 0 Å². The van der Waals surface area contributed by atoms with Gasteiger partial charge in [-0.15, -0.1) is 9.35 Å². The summed E-state index contributed by atoms with van der Waals surface area (Å²) in [6, 6.07) is 0. The fourth-order valence-corrected chi connectivity index (χ4v) is 0.961. The average molecular weight is 214 g/mol. The van der Waals surface area contributed by atoms with Crippen molar-refractivity contribution in [2.45, 2.75) is 13.8 Å². The molecule has 0 saturated heterocycles. The molecule has 1 N–H and O–H groups in total. The third-order valence-corrected chi connectivity index (χ3v) is 1.84. The van der Waals surface area contributed by atoms with E-state index < -0.39 is 13.3 Å². The lowest BCUT2D eigenvalue weighted by molar-refractivity contribution is -0.260. The molecule has 7 nitrogen and oxygen atoms in total. The molecule has 78 valence electrons. The molecule has 0 aliphatic rings. The van der Waals surface area contributed by atoms with E-state index >= 15 is 0 Å². The Hall–Kier alpha value is -0.460. The molecule has 0 heterocycles. The zero-order chi connectivity index (χ0) is 10.3. The van der Waals surface area contributed by atoms with Crippen LogP contribution in [-0.4, -0.2) is 24.0 Å². The van der Waals surface area contributed by atoms with Gasteiger partial charge in [0.15, 0.2) is 0 Å². The first-order valence-corrected chi connectivity index (χ1v) is 5.07. The first kappa shape index (κ1) is 12.5. The smallest absolute Gasteiger partial charge is 0.472 e. The maximum atomic E-state index is 11.1. The SMILES string of the molecule is CCOOP(=O)(OOCC)C(=O)O. The van der Waals surface area contributed by atoms with E-state index in [1.165, 1.54) is 13.8 Å². The van der Waals surface area contributed by atoms with Crippen LogP contribution in [0.25, 0.3) is 0 Å². The fourth-order valence-electron chi connectivity index (χ4n) is 0.320. The molecule has 0 aliphatic carbocycles. The van der Waals surface area contributed by atoms with Gasteiger partial charge in [0.05, 0.1) is 13.2 Å². The van der Waals surface area contributed by atoms with Crippen LogP contribution >= 0.6 is 7.60 Å². The van der Waals surface area contributed by atoms with Gasteiger partial charge < -0.3 is 5.11 Å². The minimum absolute atomic E-state index is 0.0484. The number of rotatable bonds is 7. The van der Waals surface area contributed by atoms with Crippen molar-refractivity contribution in [3.05, 3.63) is 0 Å². The highest BCUT2D eigenvalue weighted by Gasteiger charge is 2.38. The van der Waals surface area contributed by atoms with E-state index in [1.54, 1.807) is 0 Å². The second-order valence-electron chi connectivity index (χ2n) is 1.74. The molecular weight excluding hydrogens is 203 g/mol. The van der Waals surface area contributed by atoms with Crippen LogP contribution in [0, 0.1) is 0 Å². The van der Waals surface area contributed by atoms with E-state index in [-0.39, 0.29) is 13.2 Å². The lowest BCUT2D eigenvalue weighted by Crippen LogP contribution is -2.05. The molecule has 0 fully saturated rings. The molecule has 0 aliphatic heterocycles. The number of hydrogen-bond donors (Lipinski definition) is 1. The van der Waals surface area contributed by atoms with Crippen molar-refractivity contribution in [1.29, 1.82) is 0 Å². The van der Waals surface area contributed by atoms with Crippen molar-refractivity contribution >= 4 is 13.3 Å². The zero-order valence-corrected chi connectivity index (χ0v) is 8.15. The minimum Gasteiger partial charge on any atom is -0.472 e. The summed E-state index contributed by atoms with van der Waals surface area (Å²) in [5.41, 5.74) is -1.77. The highest BCUT2D eigenvalue weighted by atomic mass is 31.2. The first-order valence-electron chi connectivity index (χ1n) is 3.52. The molecule has 0 saturated carbocycles. The number of carboxylic acid groups (broad SMARTS) is 1. The third-order valence-electron chi connectivity index (χ3n) is 0.772. The first-order chi connectivity index (χ1) is 6.06. The van der Waals surface area contributed by atoms with Crippen LogP contribution in [0.1, 0.15) is 13.8 Å². The molecule has 0 aromatic heterocycles. The van der Waals surface area contributed by atoms with Crippen molar-refractivity contribution in [2.24, 2.45) is 0 Å². The maximum absolute atomic E-state index is 11.1. The van der Waals surface area contributed by atoms with Crippen molar-refractivity contribution < 1.29 is 33.6 Å². The van der Waals surface area contributed by atoms with Crippen LogP contribution in [0.15, 0.2) is 0 Å². The molecule has 0 atom stereocenters. The van der Waals surface area contributed by atoms with Gasteiger partial charge in [-0.3, -0.25) is 0 Å². The van der Waals surface area contributed by atoms with Gasteiger partial charge in [-0.25, -0.2) is 19.1 Å². The normalized spacial score (nSPS) is 11.5. The van der Waals surface area contributed by atoms with Crippen molar-refractivity contribution in [3.63, 3.8) is 0 Å². The number of hydrogen-bond acceptors (Lipinski definition) is 6. The van der Waals surface area contributed by atoms with Gasteiger partial charge in [-0.1, -0.05) is 0 Å². The maximum Gasteiger partial charge on any atom is 0.491 e. The lowest BCUT2D eigenvalue weighted by Gasteiger charge is -2.09. The van der Waals surface area contributed by atoms with E-state index in [9.17, 15) is 9.36 Å². The van der Waals surface area contributed by atoms with Gasteiger partial charge in [-0.2, -0.15) is 0 Å². The summed E-state index contributed by atoms with van der Waals surface area (Å²) in [5.74, 6) is 0. The predicted octanol–water partition coefficient (Wildman–Crippen LogP) is 1.79. The largest absolute Gasteiger partial charge is 0.491 e. The van der Waals surface area contributed by atoms with Gasteiger partial charge >= 0.3 is 13.3 Å². The summed E-state index contributed by atoms with van der Waals surface area (Å²) in [7, 11) is -4.35. The average Bonchev–Trinajstić information content (AvgIpc) is 2.11. The Morgan fingerprint density at radius 2 is 1.62 bits per heavy atom. The molecule has 0 radical (unpaired) electrons. The predicted molar refractivity (Wildman–Crippen MR) is 41.1 cm³/mol. The van der Waals surface area contributed by atoms with Crippen molar-refractivity contribution in [2.75, 3.05) is 13.2 Å². The van der Waals surface area contributed by atoms with E-state index in [1.807, 2.05) is 0 Å². The molecule has 0 spiro atoms. The second kappa shape index (κ2) is 6.06. The van der Waals surface area contributed by atoms with Gasteiger partial charge in [0.25, 0.3) is 0 Å². The van der Waals surface area contributed by atoms with Crippen LogP contribution in [0.4, 0.5) is 4.79 Å². The molecule has 13 heavy (non-hydrogen) atoms. The Morgan fingerprint density at radius 3 is 1.85 bits per heavy atom. The highest BCUT2D eigenvalue weighted by Crippen LogP contribution is 2.49. The molecule has 0 aromatic carbocycles. The summed E-state index contributed by atoms with van der Waals surface area (Å²) in [4.78, 5) is 18.8. The molecule has 8 heteroatoms. The number of carbonyl (C=O) groups is 1. The summed E-state index contributed by atoms with van der Waals surface area (Å²) >= 11 is 0. The monoisotopic (exact) mass is 214 g/mol. The fraction of sp³-hybridized carbons (Fsp3) is 0.800. The zero-order valence-electron chi connectivity index (χ0n) is 7.26. The van der Waals surface area contributed by atoms with Gasteiger partial charge in [0.1, 0.15) is 0 Å². The van der Waals surface area contributed by atoms with E-state index in [0.29, 0.717) is 0 Å². The summed E-state index contributed by atoms with van der Waals surface area (Å²) in [5, 5.41) is 8.41. The Labute approximate surface area is 74.9 Å². The van der Waals surface area contributed by atoms with Gasteiger partial charge in [0.2, 0.25) is 0 Å². The van der Waals surface area contributed by atoms with Crippen LogP contribution in [0.2, 0.25) is 0 Å². The quantitative estimate of drug-likeness (QED) is 0.392. The topological polar surface area (TPSA) is 91.3 Å². The molecule has 0 amide bonds. The van der Waals surface area contributed by atoms with E-state index in [2.05, 4.69) is 19.1 Å². The Bertz CT molecular complexity index is 191. The van der Waals surface area contributed by atoms with Crippen LogP contribution in [0.5, 0.6) is 0 Å². The molecular formula is C5H11O7P. The Morgan fingerprint density at radius 1 is 1.23 bits per heavy atom. The lowest BCUT2D eigenvalue weighted by atomic mass is 10.9. The second-order valence-corrected chi connectivity index (χ2v) is 3.42. The van der Waals surface area contributed by atoms with Crippen LogP contribution in [-0.2, 0) is 23.7 Å². The van der Waals surface area contributed by atoms with Gasteiger partial charge in [0, 0.05) is 0 Å². The van der Waals surface area contributed by atoms with Crippen molar-refractivity contribution in [3.8, 4) is 0 Å². The van der Waals surface area contributed by atoms with E-state index in [0.717, 1.165) is 0 Å². The summed E-state index contributed by atoms with van der Waals surface area (Å²) < 4.78 is 19.2. The molecule has 0 bridgehead atoms. The van der Waals surface area contributed by atoms with E-state index in [4.69, 9.17) is 5.11 Å². The Balaban J connectivity index is 4.18. The standard InChI is InChI=1S/C5H11O7P/c1-3-9-11-13(8,5(6)7)12-10-4-2/h3-4H2,1-2H3,(H,6,7). The minimum atomic E-state index is -4.35. The van der Waals surface area contributed by atoms with Crippen LogP contribution in [0.3, 0.4) is 0 Å².